The highest BCUT2D eigenvalue weighted by atomic mass is 79.9. The second-order valence-electron chi connectivity index (χ2n) is 3.65. The van der Waals surface area contributed by atoms with Crippen LogP contribution in [0.15, 0.2) is 57.9 Å². The fourth-order valence-electron chi connectivity index (χ4n) is 1.50. The van der Waals surface area contributed by atoms with Gasteiger partial charge in [0.1, 0.15) is 0 Å². The van der Waals surface area contributed by atoms with Crippen LogP contribution >= 0.6 is 15.9 Å². The second-order valence-corrected chi connectivity index (χ2v) is 6.01. The van der Waals surface area contributed by atoms with Gasteiger partial charge in [-0.05, 0) is 29.8 Å². The molecule has 0 aromatic heterocycles. The minimum Gasteiger partial charge on any atom is -0.398 e. The van der Waals surface area contributed by atoms with Crippen LogP contribution in [0, 0.1) is 0 Å². The summed E-state index contributed by atoms with van der Waals surface area (Å²) in [5.74, 6) is 0.448. The van der Waals surface area contributed by atoms with Gasteiger partial charge in [0.15, 0.2) is 0 Å². The summed E-state index contributed by atoms with van der Waals surface area (Å²) < 4.78 is 13.1. The van der Waals surface area contributed by atoms with Crippen LogP contribution in [-0.2, 0) is 16.6 Å². The van der Waals surface area contributed by atoms with Gasteiger partial charge in [-0.25, -0.2) is 0 Å². The number of rotatable bonds is 3. The van der Waals surface area contributed by atoms with Crippen molar-refractivity contribution in [3.05, 3.63) is 58.6 Å². The molecule has 0 amide bonds. The van der Waals surface area contributed by atoms with Gasteiger partial charge in [-0.2, -0.15) is 0 Å². The molecule has 0 saturated carbocycles. The molecule has 4 heteroatoms. The molecule has 2 aromatic rings. The zero-order valence-corrected chi connectivity index (χ0v) is 11.5. The third-order valence-corrected chi connectivity index (χ3v) is 4.25. The molecule has 0 spiro atoms. The fourth-order valence-corrected chi connectivity index (χ4v) is 3.25. The van der Waals surface area contributed by atoms with E-state index in [9.17, 15) is 4.21 Å². The normalized spacial score (nSPS) is 12.3. The summed E-state index contributed by atoms with van der Waals surface area (Å²) in [6.45, 7) is 0. The smallest absolute Gasteiger partial charge is 0.0575 e. The minimum absolute atomic E-state index is 0.448. The Labute approximate surface area is 111 Å². The zero-order valence-electron chi connectivity index (χ0n) is 9.10. The number of hydrogen-bond donors (Lipinski definition) is 1. The van der Waals surface area contributed by atoms with E-state index in [0.717, 1.165) is 14.9 Å². The molecule has 17 heavy (non-hydrogen) atoms. The number of nitrogens with two attached hydrogens (primary N) is 1. The van der Waals surface area contributed by atoms with Crippen LogP contribution < -0.4 is 5.73 Å². The van der Waals surface area contributed by atoms with Crippen LogP contribution in [-0.4, -0.2) is 4.21 Å². The van der Waals surface area contributed by atoms with Crippen molar-refractivity contribution < 1.29 is 4.21 Å². The molecule has 1 atom stereocenters. The van der Waals surface area contributed by atoms with E-state index in [1.807, 2.05) is 48.5 Å². The van der Waals surface area contributed by atoms with Crippen molar-refractivity contribution in [2.45, 2.75) is 10.6 Å². The molecular weight excluding hydrogens is 298 g/mol. The second kappa shape index (κ2) is 5.47. The van der Waals surface area contributed by atoms with Crippen LogP contribution in [0.4, 0.5) is 5.69 Å². The molecule has 1 unspecified atom stereocenters. The topological polar surface area (TPSA) is 43.1 Å². The first-order valence-electron chi connectivity index (χ1n) is 5.14. The van der Waals surface area contributed by atoms with E-state index < -0.39 is 10.8 Å². The van der Waals surface area contributed by atoms with Gasteiger partial charge >= 0.3 is 0 Å². The lowest BCUT2D eigenvalue weighted by Gasteiger charge is -2.05. The molecule has 0 radical (unpaired) electrons. The molecule has 2 aromatic carbocycles. The lowest BCUT2D eigenvalue weighted by molar-refractivity contribution is 0.682. The maximum atomic E-state index is 12.2. The van der Waals surface area contributed by atoms with Gasteiger partial charge in [-0.3, -0.25) is 4.21 Å². The SMILES string of the molecule is Nc1ccccc1CS(=O)c1cccc(Br)c1. The van der Waals surface area contributed by atoms with Crippen LogP contribution in [0.1, 0.15) is 5.56 Å². The highest BCUT2D eigenvalue weighted by Gasteiger charge is 2.07. The van der Waals surface area contributed by atoms with Gasteiger partial charge in [0, 0.05) is 15.1 Å². The molecule has 2 rings (SSSR count). The average Bonchev–Trinajstić information content (AvgIpc) is 2.32. The molecule has 2 nitrogen and oxygen atoms in total. The minimum atomic E-state index is -1.06. The van der Waals surface area contributed by atoms with Crippen molar-refractivity contribution in [2.24, 2.45) is 0 Å². The van der Waals surface area contributed by atoms with Crippen molar-refractivity contribution in [1.29, 1.82) is 0 Å². The summed E-state index contributed by atoms with van der Waals surface area (Å²) in [6.07, 6.45) is 0. The first-order valence-corrected chi connectivity index (χ1v) is 7.25. The van der Waals surface area contributed by atoms with E-state index in [-0.39, 0.29) is 0 Å². The maximum Gasteiger partial charge on any atom is 0.0575 e. The predicted octanol–water partition coefficient (Wildman–Crippen LogP) is 3.34. The quantitative estimate of drug-likeness (QED) is 0.884. The first-order chi connectivity index (χ1) is 8.16. The third kappa shape index (κ3) is 3.17. The summed E-state index contributed by atoms with van der Waals surface area (Å²) in [5.41, 5.74) is 7.45. The number of anilines is 1. The Morgan fingerprint density at radius 1 is 1.12 bits per heavy atom. The number of nitrogen functional groups attached to an aromatic ring is 1. The molecule has 0 aliphatic rings. The third-order valence-electron chi connectivity index (χ3n) is 2.40. The van der Waals surface area contributed by atoms with Gasteiger partial charge in [-0.1, -0.05) is 40.2 Å². The highest BCUT2D eigenvalue weighted by Crippen LogP contribution is 2.19. The van der Waals surface area contributed by atoms with Crippen molar-refractivity contribution in [3.8, 4) is 0 Å². The van der Waals surface area contributed by atoms with E-state index in [2.05, 4.69) is 15.9 Å². The van der Waals surface area contributed by atoms with Gasteiger partial charge in [0.05, 0.1) is 16.6 Å². The average molecular weight is 310 g/mol. The molecule has 0 saturated heterocycles. The monoisotopic (exact) mass is 309 g/mol. The Bertz CT molecular complexity index is 557. The summed E-state index contributed by atoms with van der Waals surface area (Å²) in [4.78, 5) is 0.808. The molecule has 0 bridgehead atoms. The summed E-state index contributed by atoms with van der Waals surface area (Å²) in [5, 5.41) is 0. The Morgan fingerprint density at radius 2 is 1.88 bits per heavy atom. The number of benzene rings is 2. The van der Waals surface area contributed by atoms with Crippen molar-refractivity contribution in [2.75, 3.05) is 5.73 Å². The predicted molar refractivity (Wildman–Crippen MR) is 75.1 cm³/mol. The molecular formula is C13H12BrNOS. The van der Waals surface area contributed by atoms with Gasteiger partial charge in [0.2, 0.25) is 0 Å². The Hall–Kier alpha value is -1.13. The first kappa shape index (κ1) is 12.3. The largest absolute Gasteiger partial charge is 0.398 e. The van der Waals surface area contributed by atoms with Crippen molar-refractivity contribution in [3.63, 3.8) is 0 Å². The van der Waals surface area contributed by atoms with Crippen LogP contribution in [0.3, 0.4) is 0 Å². The van der Waals surface area contributed by atoms with Crippen molar-refractivity contribution >= 4 is 32.4 Å². The number of para-hydroxylation sites is 1. The molecule has 0 aliphatic heterocycles. The molecule has 0 aliphatic carbocycles. The zero-order chi connectivity index (χ0) is 12.3. The summed E-state index contributed by atoms with van der Waals surface area (Å²) in [6, 6.07) is 15.0. The van der Waals surface area contributed by atoms with E-state index >= 15 is 0 Å². The van der Waals surface area contributed by atoms with Gasteiger partial charge in [-0.15, -0.1) is 0 Å². The molecule has 0 fully saturated rings. The van der Waals surface area contributed by atoms with Crippen LogP contribution in [0.2, 0.25) is 0 Å². The fraction of sp³-hybridized carbons (Fsp3) is 0.0769. The molecule has 0 heterocycles. The highest BCUT2D eigenvalue weighted by molar-refractivity contribution is 9.10. The number of halogens is 1. The summed E-state index contributed by atoms with van der Waals surface area (Å²) >= 11 is 3.37. The lowest BCUT2D eigenvalue weighted by atomic mass is 10.2. The van der Waals surface area contributed by atoms with Gasteiger partial charge in [0.25, 0.3) is 0 Å². The van der Waals surface area contributed by atoms with E-state index in [1.54, 1.807) is 0 Å². The van der Waals surface area contributed by atoms with Crippen molar-refractivity contribution in [1.82, 2.24) is 0 Å². The van der Waals surface area contributed by atoms with Gasteiger partial charge < -0.3 is 5.73 Å². The Balaban J connectivity index is 2.20. The van der Waals surface area contributed by atoms with Crippen LogP contribution in [0.5, 0.6) is 0 Å². The Morgan fingerprint density at radius 3 is 2.59 bits per heavy atom. The van der Waals surface area contributed by atoms with E-state index in [1.165, 1.54) is 0 Å². The summed E-state index contributed by atoms with van der Waals surface area (Å²) in [7, 11) is -1.06. The lowest BCUT2D eigenvalue weighted by Crippen LogP contribution is -2.00. The Kier molecular flexibility index (Phi) is 3.97. The van der Waals surface area contributed by atoms with Crippen LogP contribution in [0.25, 0.3) is 0 Å². The molecule has 88 valence electrons. The van der Waals surface area contributed by atoms with E-state index in [0.29, 0.717) is 11.4 Å². The van der Waals surface area contributed by atoms with E-state index in [4.69, 9.17) is 5.73 Å². The maximum absolute atomic E-state index is 12.2. The standard InChI is InChI=1S/C13H12BrNOS/c14-11-5-3-6-12(8-11)17(16)9-10-4-1-2-7-13(10)15/h1-8H,9,15H2. The number of hydrogen-bond acceptors (Lipinski definition) is 2. The molecule has 2 N–H and O–H groups in total.